The predicted octanol–water partition coefficient (Wildman–Crippen LogP) is 1.60. The first-order valence-corrected chi connectivity index (χ1v) is 11.8. The summed E-state index contributed by atoms with van der Waals surface area (Å²) in [5.74, 6) is -0.348. The van der Waals surface area contributed by atoms with E-state index >= 15 is 0 Å². The van der Waals surface area contributed by atoms with E-state index in [0.29, 0.717) is 39.8 Å². The molecule has 1 aliphatic heterocycles. The van der Waals surface area contributed by atoms with E-state index in [1.165, 1.54) is 22.7 Å². The van der Waals surface area contributed by atoms with Gasteiger partial charge in [0.2, 0.25) is 5.91 Å². The molecule has 0 aromatic carbocycles. The van der Waals surface area contributed by atoms with Crippen molar-refractivity contribution >= 4 is 49.8 Å². The van der Waals surface area contributed by atoms with Crippen molar-refractivity contribution in [3.8, 4) is 0 Å². The number of thiophene rings is 1. The van der Waals surface area contributed by atoms with Gasteiger partial charge in [-0.05, 0) is 26.3 Å². The van der Waals surface area contributed by atoms with Gasteiger partial charge in [-0.15, -0.1) is 11.3 Å². The molecule has 0 radical (unpaired) electrons. The third-order valence-corrected chi connectivity index (χ3v) is 7.58. The molecule has 0 bridgehead atoms. The Labute approximate surface area is 192 Å². The van der Waals surface area contributed by atoms with E-state index in [0.717, 1.165) is 28.7 Å². The molecule has 0 atom stereocenters. The Morgan fingerprint density at radius 2 is 1.88 bits per heavy atom. The lowest BCUT2D eigenvalue weighted by atomic mass is 10.2. The number of hydrogen-bond acceptors (Lipinski definition) is 9. The highest BCUT2D eigenvalue weighted by atomic mass is 32.1. The lowest BCUT2D eigenvalue weighted by Gasteiger charge is -2.25. The average molecular weight is 477 g/mol. The fraction of sp³-hybridized carbons (Fsp3) is 0.450. The number of ether oxygens (including phenoxy) is 1. The number of amides is 2. The molecule has 0 spiro atoms. The van der Waals surface area contributed by atoms with Crippen molar-refractivity contribution in [1.82, 2.24) is 25.8 Å². The summed E-state index contributed by atoms with van der Waals surface area (Å²) in [5, 5.41) is 1.37. The molecule has 3 aromatic heterocycles. The number of carbonyl (C=O) groups is 2. The number of hydrazine groups is 1. The summed E-state index contributed by atoms with van der Waals surface area (Å²) >= 11 is 2.75. The lowest BCUT2D eigenvalue weighted by molar-refractivity contribution is -0.121. The normalized spacial score (nSPS) is 14.0. The Morgan fingerprint density at radius 1 is 1.12 bits per heavy atom. The largest absolute Gasteiger partial charge is 0.378 e. The van der Waals surface area contributed by atoms with Crippen LogP contribution >= 0.6 is 22.7 Å². The number of anilines is 1. The minimum absolute atomic E-state index is 0.0682. The summed E-state index contributed by atoms with van der Waals surface area (Å²) in [5.41, 5.74) is 6.21. The van der Waals surface area contributed by atoms with Crippen molar-refractivity contribution < 1.29 is 14.3 Å². The maximum atomic E-state index is 12.5. The van der Waals surface area contributed by atoms with E-state index in [1.54, 1.807) is 6.92 Å². The lowest BCUT2D eigenvalue weighted by Crippen LogP contribution is -2.41. The summed E-state index contributed by atoms with van der Waals surface area (Å²) in [4.78, 5) is 53.0. The van der Waals surface area contributed by atoms with Crippen LogP contribution in [0.3, 0.4) is 0 Å². The molecule has 32 heavy (non-hydrogen) atoms. The molecule has 4 rings (SSSR count). The van der Waals surface area contributed by atoms with Gasteiger partial charge < -0.3 is 14.6 Å². The van der Waals surface area contributed by atoms with E-state index in [2.05, 4.69) is 30.7 Å². The summed E-state index contributed by atoms with van der Waals surface area (Å²) in [7, 11) is 0. The van der Waals surface area contributed by atoms with Crippen LogP contribution in [0.25, 0.3) is 10.2 Å². The quantitative estimate of drug-likeness (QED) is 0.477. The van der Waals surface area contributed by atoms with Crippen LogP contribution in [0.15, 0.2) is 4.79 Å². The molecule has 1 fully saturated rings. The standard InChI is InChI=1S/C20H24N6O4S2/c1-10-12(3)31-19-15(10)17(28)22-13(23-19)4-5-14(27)24-25-18(29)16-11(2)21-20(32-16)26-6-8-30-9-7-26/h4-9H2,1-3H3,(H,24,27)(H,25,29)(H,22,23,28). The van der Waals surface area contributed by atoms with Crippen LogP contribution in [-0.4, -0.2) is 53.1 Å². The van der Waals surface area contributed by atoms with Gasteiger partial charge in [0, 0.05) is 30.8 Å². The Bertz CT molecular complexity index is 1220. The molecule has 3 N–H and O–H groups in total. The molecule has 10 nitrogen and oxygen atoms in total. The van der Waals surface area contributed by atoms with E-state index < -0.39 is 5.91 Å². The van der Waals surface area contributed by atoms with Gasteiger partial charge in [-0.3, -0.25) is 25.2 Å². The summed E-state index contributed by atoms with van der Waals surface area (Å²) < 4.78 is 5.34. The molecule has 0 unspecified atom stereocenters. The second-order valence-corrected chi connectivity index (χ2v) is 9.67. The van der Waals surface area contributed by atoms with Crippen LogP contribution in [0.2, 0.25) is 0 Å². The minimum Gasteiger partial charge on any atom is -0.378 e. The first-order chi connectivity index (χ1) is 15.3. The summed E-state index contributed by atoms with van der Waals surface area (Å²) in [6.45, 7) is 8.35. The predicted molar refractivity (Wildman–Crippen MR) is 124 cm³/mol. The number of H-pyrrole nitrogens is 1. The Balaban J connectivity index is 1.32. The first kappa shape index (κ1) is 22.4. The fourth-order valence-corrected chi connectivity index (χ4v) is 5.44. The second kappa shape index (κ2) is 9.35. The second-order valence-electron chi connectivity index (χ2n) is 7.49. The van der Waals surface area contributed by atoms with Crippen molar-refractivity contribution in [2.45, 2.75) is 33.6 Å². The van der Waals surface area contributed by atoms with Gasteiger partial charge in [0.25, 0.3) is 11.5 Å². The topological polar surface area (TPSA) is 129 Å². The third kappa shape index (κ3) is 4.66. The Morgan fingerprint density at radius 3 is 2.62 bits per heavy atom. The molecule has 1 aliphatic rings. The van der Waals surface area contributed by atoms with Crippen molar-refractivity contribution in [3.05, 3.63) is 37.2 Å². The number of aryl methyl sites for hydroxylation is 4. The van der Waals surface area contributed by atoms with E-state index in [-0.39, 0.29) is 24.3 Å². The van der Waals surface area contributed by atoms with Gasteiger partial charge in [-0.2, -0.15) is 0 Å². The minimum atomic E-state index is -0.412. The highest BCUT2D eigenvalue weighted by molar-refractivity contribution is 7.18. The number of aromatic nitrogens is 3. The summed E-state index contributed by atoms with van der Waals surface area (Å²) in [6.07, 6.45) is 0.322. The number of hydrogen-bond donors (Lipinski definition) is 3. The maximum absolute atomic E-state index is 12.5. The molecule has 0 saturated carbocycles. The maximum Gasteiger partial charge on any atom is 0.281 e. The third-order valence-electron chi connectivity index (χ3n) is 5.27. The SMILES string of the molecule is Cc1nc(N2CCOCC2)sc1C(=O)NNC(=O)CCc1nc2sc(C)c(C)c2c(=O)[nH]1. The highest BCUT2D eigenvalue weighted by Gasteiger charge is 2.21. The van der Waals surface area contributed by atoms with E-state index in [9.17, 15) is 14.4 Å². The number of rotatable bonds is 5. The van der Waals surface area contributed by atoms with Crippen LogP contribution in [-0.2, 0) is 16.0 Å². The number of thiazole rings is 1. The molecule has 4 heterocycles. The van der Waals surface area contributed by atoms with Crippen LogP contribution < -0.4 is 21.3 Å². The van der Waals surface area contributed by atoms with Crippen LogP contribution in [0.4, 0.5) is 5.13 Å². The van der Waals surface area contributed by atoms with Crippen molar-refractivity contribution in [1.29, 1.82) is 0 Å². The van der Waals surface area contributed by atoms with Crippen LogP contribution in [0.5, 0.6) is 0 Å². The molecule has 170 valence electrons. The van der Waals surface area contributed by atoms with Gasteiger partial charge in [0.15, 0.2) is 5.13 Å². The monoisotopic (exact) mass is 476 g/mol. The Kier molecular flexibility index (Phi) is 6.53. The van der Waals surface area contributed by atoms with Crippen LogP contribution in [0, 0.1) is 20.8 Å². The average Bonchev–Trinajstić information content (AvgIpc) is 3.30. The highest BCUT2D eigenvalue weighted by Crippen LogP contribution is 2.27. The number of aromatic amines is 1. The van der Waals surface area contributed by atoms with Gasteiger partial charge in [0.05, 0.1) is 24.3 Å². The van der Waals surface area contributed by atoms with E-state index in [4.69, 9.17) is 4.74 Å². The van der Waals surface area contributed by atoms with Crippen LogP contribution in [0.1, 0.15) is 38.1 Å². The molecule has 2 amide bonds. The zero-order valence-corrected chi connectivity index (χ0v) is 19.7. The summed E-state index contributed by atoms with van der Waals surface area (Å²) in [6, 6.07) is 0. The number of morpholine rings is 1. The molecular formula is C20H24N6O4S2. The number of nitrogens with one attached hydrogen (secondary N) is 3. The van der Waals surface area contributed by atoms with Gasteiger partial charge in [0.1, 0.15) is 15.5 Å². The van der Waals surface area contributed by atoms with Gasteiger partial charge >= 0.3 is 0 Å². The van der Waals surface area contributed by atoms with Crippen molar-refractivity contribution in [3.63, 3.8) is 0 Å². The van der Waals surface area contributed by atoms with Gasteiger partial charge in [-0.25, -0.2) is 9.97 Å². The number of nitrogens with zero attached hydrogens (tertiary/aromatic N) is 3. The van der Waals surface area contributed by atoms with Gasteiger partial charge in [-0.1, -0.05) is 11.3 Å². The smallest absolute Gasteiger partial charge is 0.281 e. The fourth-order valence-electron chi connectivity index (χ4n) is 3.38. The molecule has 3 aromatic rings. The molecule has 1 saturated heterocycles. The molecular weight excluding hydrogens is 452 g/mol. The van der Waals surface area contributed by atoms with Crippen molar-refractivity contribution in [2.24, 2.45) is 0 Å². The number of fused-ring (bicyclic) bond motifs is 1. The molecule has 0 aliphatic carbocycles. The number of carbonyl (C=O) groups excluding carboxylic acids is 2. The van der Waals surface area contributed by atoms with Crippen molar-refractivity contribution in [2.75, 3.05) is 31.2 Å². The molecule has 12 heteroatoms. The first-order valence-electron chi connectivity index (χ1n) is 10.2. The zero-order valence-electron chi connectivity index (χ0n) is 18.0. The van der Waals surface area contributed by atoms with E-state index in [1.807, 2.05) is 13.8 Å². The zero-order chi connectivity index (χ0) is 22.8. The Hall–Kier alpha value is -2.83.